The molecule has 0 amide bonds. The van der Waals surface area contributed by atoms with Gasteiger partial charge in [0.05, 0.1) is 25.4 Å². The molecule has 0 heterocycles. The minimum atomic E-state index is 0.350. The molecule has 1 rings (SSSR count). The van der Waals surface area contributed by atoms with Crippen LogP contribution < -0.4 is 5.32 Å². The Hall–Kier alpha value is -0.120. The van der Waals surface area contributed by atoms with Crippen molar-refractivity contribution in [2.45, 2.75) is 64.0 Å². The highest BCUT2D eigenvalue weighted by molar-refractivity contribution is 4.69. The first kappa shape index (κ1) is 14.9. The maximum absolute atomic E-state index is 6.03. The fourth-order valence-corrected chi connectivity index (χ4v) is 2.38. The zero-order valence-corrected chi connectivity index (χ0v) is 11.5. The van der Waals surface area contributed by atoms with E-state index in [9.17, 15) is 0 Å². The average Bonchev–Trinajstić information content (AvgIpc) is 2.61. The van der Waals surface area contributed by atoms with Gasteiger partial charge >= 0.3 is 0 Å². The van der Waals surface area contributed by atoms with Crippen LogP contribution in [0.1, 0.15) is 51.9 Å². The number of ether oxygens (including phenoxy) is 2. The molecule has 0 bridgehead atoms. The maximum atomic E-state index is 6.03. The second-order valence-corrected chi connectivity index (χ2v) is 5.05. The zero-order valence-electron chi connectivity index (χ0n) is 11.5. The SMILES string of the molecule is CCCNC(COC)COC1CCCCCC1. The van der Waals surface area contributed by atoms with E-state index in [0.717, 1.165) is 26.2 Å². The van der Waals surface area contributed by atoms with Crippen molar-refractivity contribution in [2.24, 2.45) is 0 Å². The van der Waals surface area contributed by atoms with Gasteiger partial charge in [-0.1, -0.05) is 32.6 Å². The Morgan fingerprint density at radius 1 is 1.12 bits per heavy atom. The lowest BCUT2D eigenvalue weighted by Crippen LogP contribution is -2.39. The van der Waals surface area contributed by atoms with E-state index in [0.29, 0.717) is 12.1 Å². The topological polar surface area (TPSA) is 30.5 Å². The first-order valence-electron chi connectivity index (χ1n) is 7.20. The van der Waals surface area contributed by atoms with Crippen LogP contribution in [0, 0.1) is 0 Å². The highest BCUT2D eigenvalue weighted by Crippen LogP contribution is 2.19. The normalized spacial score (nSPS) is 20.1. The van der Waals surface area contributed by atoms with Gasteiger partial charge in [-0.2, -0.15) is 0 Å². The molecule has 1 aliphatic carbocycles. The number of methoxy groups -OCH3 is 1. The highest BCUT2D eigenvalue weighted by Gasteiger charge is 2.15. The summed E-state index contributed by atoms with van der Waals surface area (Å²) < 4.78 is 11.3. The molecule has 1 atom stereocenters. The first-order valence-corrected chi connectivity index (χ1v) is 7.20. The summed E-state index contributed by atoms with van der Waals surface area (Å²) in [5, 5.41) is 3.48. The Balaban J connectivity index is 2.18. The van der Waals surface area contributed by atoms with Crippen LogP contribution in [0.15, 0.2) is 0 Å². The molecule has 1 aliphatic rings. The van der Waals surface area contributed by atoms with Gasteiger partial charge in [-0.25, -0.2) is 0 Å². The zero-order chi connectivity index (χ0) is 12.3. The van der Waals surface area contributed by atoms with Crippen molar-refractivity contribution < 1.29 is 9.47 Å². The first-order chi connectivity index (χ1) is 8.36. The van der Waals surface area contributed by atoms with Gasteiger partial charge in [0.1, 0.15) is 0 Å². The van der Waals surface area contributed by atoms with E-state index in [1.165, 1.54) is 38.5 Å². The summed E-state index contributed by atoms with van der Waals surface area (Å²) in [6, 6.07) is 0.350. The van der Waals surface area contributed by atoms with Gasteiger partial charge in [-0.15, -0.1) is 0 Å². The largest absolute Gasteiger partial charge is 0.383 e. The third-order valence-electron chi connectivity index (χ3n) is 3.39. The molecule has 0 radical (unpaired) electrons. The van der Waals surface area contributed by atoms with Gasteiger partial charge in [0.25, 0.3) is 0 Å². The van der Waals surface area contributed by atoms with Crippen LogP contribution in [-0.2, 0) is 9.47 Å². The van der Waals surface area contributed by atoms with Crippen molar-refractivity contribution in [3.63, 3.8) is 0 Å². The van der Waals surface area contributed by atoms with E-state index in [-0.39, 0.29) is 0 Å². The molecule has 17 heavy (non-hydrogen) atoms. The average molecular weight is 243 g/mol. The van der Waals surface area contributed by atoms with E-state index in [1.54, 1.807) is 7.11 Å². The predicted octanol–water partition coefficient (Wildman–Crippen LogP) is 2.74. The molecule has 1 saturated carbocycles. The summed E-state index contributed by atoms with van der Waals surface area (Å²) >= 11 is 0. The molecular weight excluding hydrogens is 214 g/mol. The lowest BCUT2D eigenvalue weighted by molar-refractivity contribution is 0.0139. The van der Waals surface area contributed by atoms with E-state index in [4.69, 9.17) is 9.47 Å². The monoisotopic (exact) mass is 243 g/mol. The van der Waals surface area contributed by atoms with Crippen LogP contribution in [0.2, 0.25) is 0 Å². The van der Waals surface area contributed by atoms with Crippen LogP contribution in [0.3, 0.4) is 0 Å². The van der Waals surface area contributed by atoms with Crippen LogP contribution in [0.5, 0.6) is 0 Å². The Morgan fingerprint density at radius 2 is 1.82 bits per heavy atom. The second kappa shape index (κ2) is 9.86. The summed E-state index contributed by atoms with van der Waals surface area (Å²) in [5.74, 6) is 0. The maximum Gasteiger partial charge on any atom is 0.0645 e. The van der Waals surface area contributed by atoms with Crippen molar-refractivity contribution >= 4 is 0 Å². The number of hydrogen-bond donors (Lipinski definition) is 1. The van der Waals surface area contributed by atoms with Gasteiger partial charge in [0, 0.05) is 7.11 Å². The van der Waals surface area contributed by atoms with Gasteiger partial charge in [-0.3, -0.25) is 0 Å². The van der Waals surface area contributed by atoms with E-state index in [1.807, 2.05) is 0 Å². The lowest BCUT2D eigenvalue weighted by Gasteiger charge is -2.22. The van der Waals surface area contributed by atoms with Gasteiger partial charge in [0.15, 0.2) is 0 Å². The van der Waals surface area contributed by atoms with Gasteiger partial charge < -0.3 is 14.8 Å². The summed E-state index contributed by atoms with van der Waals surface area (Å²) in [6.45, 7) is 4.76. The van der Waals surface area contributed by atoms with Crippen molar-refractivity contribution in [3.8, 4) is 0 Å². The van der Waals surface area contributed by atoms with Crippen molar-refractivity contribution in [2.75, 3.05) is 26.9 Å². The number of nitrogens with one attached hydrogen (secondary N) is 1. The Kier molecular flexibility index (Phi) is 8.67. The molecule has 3 nitrogen and oxygen atoms in total. The lowest BCUT2D eigenvalue weighted by atomic mass is 10.1. The predicted molar refractivity (Wildman–Crippen MR) is 71.4 cm³/mol. The minimum Gasteiger partial charge on any atom is -0.383 e. The highest BCUT2D eigenvalue weighted by atomic mass is 16.5. The summed E-state index contributed by atoms with van der Waals surface area (Å²) in [4.78, 5) is 0. The van der Waals surface area contributed by atoms with E-state index in [2.05, 4.69) is 12.2 Å². The third kappa shape index (κ3) is 7.02. The smallest absolute Gasteiger partial charge is 0.0645 e. The molecule has 102 valence electrons. The van der Waals surface area contributed by atoms with Crippen LogP contribution >= 0.6 is 0 Å². The Morgan fingerprint density at radius 3 is 2.41 bits per heavy atom. The summed E-state index contributed by atoms with van der Waals surface area (Å²) in [6.07, 6.45) is 9.57. The van der Waals surface area contributed by atoms with Gasteiger partial charge in [-0.05, 0) is 25.8 Å². The van der Waals surface area contributed by atoms with Crippen molar-refractivity contribution in [3.05, 3.63) is 0 Å². The van der Waals surface area contributed by atoms with Crippen LogP contribution in [0.4, 0.5) is 0 Å². The van der Waals surface area contributed by atoms with Crippen molar-refractivity contribution in [1.29, 1.82) is 0 Å². The standard InChI is InChI=1S/C14H29NO2/c1-3-10-15-13(11-16-2)12-17-14-8-6-4-5-7-9-14/h13-15H,3-12H2,1-2H3. The molecule has 0 saturated heterocycles. The quantitative estimate of drug-likeness (QED) is 0.665. The summed E-state index contributed by atoms with van der Waals surface area (Å²) in [7, 11) is 1.76. The molecule has 1 fully saturated rings. The molecule has 0 aromatic rings. The van der Waals surface area contributed by atoms with Crippen LogP contribution in [-0.4, -0.2) is 39.0 Å². The van der Waals surface area contributed by atoms with Gasteiger partial charge in [0.2, 0.25) is 0 Å². The molecule has 1 N–H and O–H groups in total. The molecule has 3 heteroatoms. The molecule has 0 aromatic carbocycles. The minimum absolute atomic E-state index is 0.350. The molecule has 1 unspecified atom stereocenters. The Labute approximate surface area is 106 Å². The molecule has 0 spiro atoms. The third-order valence-corrected chi connectivity index (χ3v) is 3.39. The molecule has 0 aromatic heterocycles. The number of hydrogen-bond acceptors (Lipinski definition) is 3. The second-order valence-electron chi connectivity index (χ2n) is 5.05. The summed E-state index contributed by atoms with van der Waals surface area (Å²) in [5.41, 5.74) is 0. The van der Waals surface area contributed by atoms with Crippen molar-refractivity contribution in [1.82, 2.24) is 5.32 Å². The molecule has 0 aliphatic heterocycles. The van der Waals surface area contributed by atoms with E-state index < -0.39 is 0 Å². The molecular formula is C14H29NO2. The Bertz CT molecular complexity index is 168. The fraction of sp³-hybridized carbons (Fsp3) is 1.00. The van der Waals surface area contributed by atoms with E-state index >= 15 is 0 Å². The van der Waals surface area contributed by atoms with Crippen LogP contribution in [0.25, 0.3) is 0 Å². The fourth-order valence-electron chi connectivity index (χ4n) is 2.38. The number of rotatable bonds is 8.